The molecular weight excluding hydrogens is 368 g/mol. The van der Waals surface area contributed by atoms with E-state index in [-0.39, 0.29) is 5.43 Å². The first-order chi connectivity index (χ1) is 13.6. The Bertz CT molecular complexity index is 1150. The van der Waals surface area contributed by atoms with Crippen molar-refractivity contribution < 1.29 is 4.90 Å². The second kappa shape index (κ2) is 8.01. The van der Waals surface area contributed by atoms with Gasteiger partial charge in [0.2, 0.25) is 0 Å². The number of rotatable bonds is 5. The number of halogens is 1. The van der Waals surface area contributed by atoms with Gasteiger partial charge >= 0.3 is 0 Å². The average molecular weight is 390 g/mol. The minimum absolute atomic E-state index is 0.0440. The van der Waals surface area contributed by atoms with E-state index in [0.29, 0.717) is 17.0 Å². The molecule has 0 saturated heterocycles. The largest absolute Gasteiger partial charge is 0.354 e. The van der Waals surface area contributed by atoms with Crippen molar-refractivity contribution in [1.82, 2.24) is 4.98 Å². The Morgan fingerprint density at radius 3 is 2.29 bits per heavy atom. The SMILES string of the molecule is C[NH+](Cc1ccccc1)Cc1c(-c2ccccc2)[nH]c2ccc(Cl)cc2c1=O. The molecule has 1 heterocycles. The second-order valence-corrected chi connectivity index (χ2v) is 7.60. The van der Waals surface area contributed by atoms with E-state index in [1.807, 2.05) is 54.6 Å². The molecular formula is C24H22ClN2O+. The van der Waals surface area contributed by atoms with Crippen molar-refractivity contribution in [2.24, 2.45) is 0 Å². The van der Waals surface area contributed by atoms with Gasteiger partial charge in [0.1, 0.15) is 13.1 Å². The highest BCUT2D eigenvalue weighted by Gasteiger charge is 2.18. The van der Waals surface area contributed by atoms with Gasteiger partial charge in [0.25, 0.3) is 0 Å². The third-order valence-corrected chi connectivity index (χ3v) is 5.19. The van der Waals surface area contributed by atoms with Gasteiger partial charge in [-0.3, -0.25) is 4.79 Å². The standard InChI is InChI=1S/C24H21ClN2O/c1-27(15-17-8-4-2-5-9-17)16-21-23(18-10-6-3-7-11-18)26-22-13-12-19(25)14-20(22)24(21)28/h2-14H,15-16H2,1H3,(H,26,28)/p+1. The first-order valence-corrected chi connectivity index (χ1v) is 9.74. The molecule has 0 bridgehead atoms. The number of quaternary nitrogens is 1. The molecule has 0 amide bonds. The Morgan fingerprint density at radius 2 is 1.57 bits per heavy atom. The molecule has 1 aromatic heterocycles. The lowest BCUT2D eigenvalue weighted by Gasteiger charge is -2.17. The fraction of sp³-hybridized carbons (Fsp3) is 0.125. The van der Waals surface area contributed by atoms with Crippen LogP contribution in [0.4, 0.5) is 0 Å². The zero-order chi connectivity index (χ0) is 19.5. The highest BCUT2D eigenvalue weighted by Crippen LogP contribution is 2.23. The van der Waals surface area contributed by atoms with Gasteiger partial charge in [-0.15, -0.1) is 0 Å². The molecule has 0 aliphatic heterocycles. The zero-order valence-electron chi connectivity index (χ0n) is 15.7. The van der Waals surface area contributed by atoms with Crippen LogP contribution in [0.3, 0.4) is 0 Å². The van der Waals surface area contributed by atoms with E-state index in [4.69, 9.17) is 11.6 Å². The molecule has 0 radical (unpaired) electrons. The number of nitrogens with one attached hydrogen (secondary N) is 2. The van der Waals surface area contributed by atoms with Crippen LogP contribution in [0, 0.1) is 0 Å². The van der Waals surface area contributed by atoms with Gasteiger partial charge in [0.15, 0.2) is 5.43 Å². The second-order valence-electron chi connectivity index (χ2n) is 7.16. The molecule has 3 aromatic carbocycles. The predicted molar refractivity (Wildman–Crippen MR) is 116 cm³/mol. The smallest absolute Gasteiger partial charge is 0.198 e. The molecule has 2 N–H and O–H groups in total. The summed E-state index contributed by atoms with van der Waals surface area (Å²) >= 11 is 6.15. The molecule has 0 fully saturated rings. The predicted octanol–water partition coefficient (Wildman–Crippen LogP) is 4.06. The van der Waals surface area contributed by atoms with Gasteiger partial charge in [-0.25, -0.2) is 0 Å². The van der Waals surface area contributed by atoms with Crippen LogP contribution >= 0.6 is 11.6 Å². The molecule has 4 aromatic rings. The minimum Gasteiger partial charge on any atom is -0.354 e. The molecule has 28 heavy (non-hydrogen) atoms. The molecule has 1 atom stereocenters. The molecule has 0 aliphatic rings. The summed E-state index contributed by atoms with van der Waals surface area (Å²) < 4.78 is 0. The van der Waals surface area contributed by atoms with Gasteiger partial charge in [-0.1, -0.05) is 72.3 Å². The quantitative estimate of drug-likeness (QED) is 0.530. The Kier molecular flexibility index (Phi) is 5.29. The Balaban J connectivity index is 1.80. The van der Waals surface area contributed by atoms with E-state index < -0.39 is 0 Å². The van der Waals surface area contributed by atoms with Crippen LogP contribution in [-0.4, -0.2) is 12.0 Å². The highest BCUT2D eigenvalue weighted by molar-refractivity contribution is 6.31. The summed E-state index contributed by atoms with van der Waals surface area (Å²) in [5, 5.41) is 1.20. The maximum atomic E-state index is 13.4. The van der Waals surface area contributed by atoms with Crippen molar-refractivity contribution in [3.63, 3.8) is 0 Å². The van der Waals surface area contributed by atoms with Gasteiger partial charge < -0.3 is 9.88 Å². The van der Waals surface area contributed by atoms with Crippen LogP contribution in [0.1, 0.15) is 11.1 Å². The lowest BCUT2D eigenvalue weighted by atomic mass is 10.0. The third-order valence-electron chi connectivity index (χ3n) is 4.95. The normalized spacial score (nSPS) is 12.2. The van der Waals surface area contributed by atoms with Crippen molar-refractivity contribution in [2.45, 2.75) is 13.1 Å². The van der Waals surface area contributed by atoms with Crippen molar-refractivity contribution in [1.29, 1.82) is 0 Å². The summed E-state index contributed by atoms with van der Waals surface area (Å²) in [5.41, 5.74) is 4.78. The number of pyridine rings is 1. The summed E-state index contributed by atoms with van der Waals surface area (Å²) in [6.45, 7) is 1.47. The lowest BCUT2D eigenvalue weighted by molar-refractivity contribution is -0.907. The van der Waals surface area contributed by atoms with E-state index in [1.165, 1.54) is 10.5 Å². The first kappa shape index (κ1) is 18.5. The monoisotopic (exact) mass is 389 g/mol. The first-order valence-electron chi connectivity index (χ1n) is 9.37. The molecule has 3 nitrogen and oxygen atoms in total. The maximum absolute atomic E-state index is 13.4. The average Bonchev–Trinajstić information content (AvgIpc) is 2.72. The van der Waals surface area contributed by atoms with Crippen molar-refractivity contribution >= 4 is 22.5 Å². The third kappa shape index (κ3) is 3.86. The Labute approximate surface area is 169 Å². The van der Waals surface area contributed by atoms with Crippen molar-refractivity contribution in [3.8, 4) is 11.3 Å². The van der Waals surface area contributed by atoms with Gasteiger partial charge in [0.05, 0.1) is 18.3 Å². The Morgan fingerprint density at radius 1 is 0.893 bits per heavy atom. The van der Waals surface area contributed by atoms with E-state index in [0.717, 1.165) is 28.9 Å². The summed E-state index contributed by atoms with van der Waals surface area (Å²) in [6.07, 6.45) is 0. The molecule has 0 saturated carbocycles. The van der Waals surface area contributed by atoms with Gasteiger partial charge in [-0.2, -0.15) is 0 Å². The van der Waals surface area contributed by atoms with Crippen molar-refractivity contribution in [2.75, 3.05) is 7.05 Å². The fourth-order valence-corrected chi connectivity index (χ4v) is 3.80. The van der Waals surface area contributed by atoms with Crippen LogP contribution in [0.5, 0.6) is 0 Å². The Hall–Kier alpha value is -2.88. The van der Waals surface area contributed by atoms with E-state index >= 15 is 0 Å². The topological polar surface area (TPSA) is 37.3 Å². The number of hydrogen-bond donors (Lipinski definition) is 2. The highest BCUT2D eigenvalue weighted by atomic mass is 35.5. The number of aromatic nitrogens is 1. The summed E-state index contributed by atoms with van der Waals surface area (Å²) in [5.74, 6) is 0. The van der Waals surface area contributed by atoms with Gasteiger partial charge in [-0.05, 0) is 23.8 Å². The summed E-state index contributed by atoms with van der Waals surface area (Å²) in [4.78, 5) is 18.1. The molecule has 0 spiro atoms. The van der Waals surface area contributed by atoms with Crippen LogP contribution in [0.2, 0.25) is 5.02 Å². The molecule has 1 unspecified atom stereocenters. The lowest BCUT2D eigenvalue weighted by Crippen LogP contribution is -3.06. The number of fused-ring (bicyclic) bond motifs is 1. The van der Waals surface area contributed by atoms with E-state index in [1.54, 1.807) is 12.1 Å². The number of hydrogen-bond acceptors (Lipinski definition) is 1. The summed E-state index contributed by atoms with van der Waals surface area (Å²) in [7, 11) is 2.11. The fourth-order valence-electron chi connectivity index (χ4n) is 3.63. The van der Waals surface area contributed by atoms with E-state index in [9.17, 15) is 4.79 Å². The van der Waals surface area contributed by atoms with Crippen LogP contribution in [0.25, 0.3) is 22.2 Å². The van der Waals surface area contributed by atoms with Crippen molar-refractivity contribution in [3.05, 3.63) is 105 Å². The molecule has 4 rings (SSSR count). The van der Waals surface area contributed by atoms with Crippen LogP contribution in [-0.2, 0) is 13.1 Å². The van der Waals surface area contributed by atoms with Gasteiger partial charge in [0, 0.05) is 21.5 Å². The van der Waals surface area contributed by atoms with E-state index in [2.05, 4.69) is 24.2 Å². The number of benzene rings is 3. The molecule has 4 heteroatoms. The molecule has 0 aliphatic carbocycles. The summed E-state index contributed by atoms with van der Waals surface area (Å²) in [6, 6.07) is 25.8. The van der Waals surface area contributed by atoms with Crippen LogP contribution in [0.15, 0.2) is 83.7 Å². The number of H-pyrrole nitrogens is 1. The molecule has 140 valence electrons. The number of aromatic amines is 1. The maximum Gasteiger partial charge on any atom is 0.198 e. The zero-order valence-corrected chi connectivity index (χ0v) is 16.5. The van der Waals surface area contributed by atoms with Crippen LogP contribution < -0.4 is 10.3 Å². The minimum atomic E-state index is 0.0440.